The van der Waals surface area contributed by atoms with Crippen molar-refractivity contribution >= 4 is 11.3 Å². The number of fused-ring (bicyclic) bond motifs is 1. The first-order valence-corrected chi connectivity index (χ1v) is 9.27. The Hall–Kier alpha value is -2.60. The number of anilines is 1. The highest BCUT2D eigenvalue weighted by Gasteiger charge is 2.12. The van der Waals surface area contributed by atoms with Gasteiger partial charge in [-0.25, -0.2) is 4.79 Å². The summed E-state index contributed by atoms with van der Waals surface area (Å²) in [5.41, 5.74) is 3.13. The van der Waals surface area contributed by atoms with Gasteiger partial charge in [0.05, 0.1) is 6.67 Å². The number of hydrogen-bond acceptors (Lipinski definition) is 4. The summed E-state index contributed by atoms with van der Waals surface area (Å²) in [6.45, 7) is 3.57. The number of aromatic nitrogens is 3. The van der Waals surface area contributed by atoms with Gasteiger partial charge >= 0.3 is 5.69 Å². The molecule has 6 heteroatoms. The number of nitrogens with zero attached hydrogens (tertiary/aromatic N) is 5. The van der Waals surface area contributed by atoms with Crippen LogP contribution in [0.25, 0.3) is 5.65 Å². The maximum absolute atomic E-state index is 12.4. The third-order valence-electron chi connectivity index (χ3n) is 4.97. The largest absolute Gasteiger partial charge is 0.372 e. The number of rotatable bonds is 5. The van der Waals surface area contributed by atoms with Crippen LogP contribution in [0.4, 0.5) is 5.69 Å². The molecular formula is C20H25N5O. The molecule has 26 heavy (non-hydrogen) atoms. The second-order valence-corrected chi connectivity index (χ2v) is 7.08. The Bertz CT molecular complexity index is 921. The van der Waals surface area contributed by atoms with Gasteiger partial charge in [0.15, 0.2) is 5.65 Å². The first-order chi connectivity index (χ1) is 12.7. The Morgan fingerprint density at radius 3 is 2.54 bits per heavy atom. The maximum Gasteiger partial charge on any atom is 0.351 e. The monoisotopic (exact) mass is 351 g/mol. The van der Waals surface area contributed by atoms with Gasteiger partial charge < -0.3 is 4.90 Å². The lowest BCUT2D eigenvalue weighted by molar-refractivity contribution is 0.242. The van der Waals surface area contributed by atoms with Gasteiger partial charge in [-0.05, 0) is 56.1 Å². The van der Waals surface area contributed by atoms with Crippen LogP contribution in [0.3, 0.4) is 0 Å². The normalized spacial score (nSPS) is 15.1. The summed E-state index contributed by atoms with van der Waals surface area (Å²) in [6, 6.07) is 14.4. The molecule has 0 atom stereocenters. The van der Waals surface area contributed by atoms with E-state index in [1.54, 1.807) is 10.6 Å². The maximum atomic E-state index is 12.4. The molecule has 1 aromatic carbocycles. The minimum atomic E-state index is -0.104. The topological polar surface area (TPSA) is 45.8 Å². The van der Waals surface area contributed by atoms with Crippen molar-refractivity contribution in [1.29, 1.82) is 0 Å². The third-order valence-corrected chi connectivity index (χ3v) is 4.97. The number of hydrogen-bond donors (Lipinski definition) is 0. The van der Waals surface area contributed by atoms with Gasteiger partial charge in [-0.3, -0.25) is 9.30 Å². The van der Waals surface area contributed by atoms with Crippen molar-refractivity contribution in [3.05, 3.63) is 64.7 Å². The van der Waals surface area contributed by atoms with Crippen molar-refractivity contribution in [2.45, 2.75) is 32.5 Å². The van der Waals surface area contributed by atoms with E-state index in [0.717, 1.165) is 19.6 Å². The van der Waals surface area contributed by atoms with E-state index in [4.69, 9.17) is 0 Å². The molecule has 4 rings (SSSR count). The zero-order valence-electron chi connectivity index (χ0n) is 15.2. The molecule has 1 saturated heterocycles. The Kier molecular flexibility index (Phi) is 4.75. The summed E-state index contributed by atoms with van der Waals surface area (Å²) < 4.78 is 3.08. The van der Waals surface area contributed by atoms with Crippen LogP contribution in [0.15, 0.2) is 53.5 Å². The van der Waals surface area contributed by atoms with Crippen LogP contribution < -0.4 is 10.6 Å². The Morgan fingerprint density at radius 1 is 1.04 bits per heavy atom. The Morgan fingerprint density at radius 2 is 1.81 bits per heavy atom. The standard InChI is InChI=1S/C20H25N5O/c1-22(16-25-20(26)24-14-6-3-7-19(24)21-25)15-17-8-10-18(11-9-17)23-12-4-2-5-13-23/h3,6-11,14H,2,4-5,12-13,15-16H2,1H3. The lowest BCUT2D eigenvalue weighted by Crippen LogP contribution is -2.30. The van der Waals surface area contributed by atoms with Gasteiger partial charge in [0.2, 0.25) is 0 Å². The molecule has 6 nitrogen and oxygen atoms in total. The lowest BCUT2D eigenvalue weighted by atomic mass is 10.1. The minimum absolute atomic E-state index is 0.104. The van der Waals surface area contributed by atoms with Gasteiger partial charge in [-0.2, -0.15) is 4.68 Å². The van der Waals surface area contributed by atoms with E-state index in [0.29, 0.717) is 12.3 Å². The minimum Gasteiger partial charge on any atom is -0.372 e. The zero-order chi connectivity index (χ0) is 17.9. The highest BCUT2D eigenvalue weighted by Crippen LogP contribution is 2.20. The number of benzene rings is 1. The third kappa shape index (κ3) is 3.51. The van der Waals surface area contributed by atoms with Crippen LogP contribution in [-0.2, 0) is 13.2 Å². The Labute approximate surface area is 153 Å². The lowest BCUT2D eigenvalue weighted by Gasteiger charge is -2.29. The second kappa shape index (κ2) is 7.33. The Balaban J connectivity index is 1.41. The van der Waals surface area contributed by atoms with Gasteiger partial charge in [0.25, 0.3) is 0 Å². The fraction of sp³-hybridized carbons (Fsp3) is 0.400. The smallest absolute Gasteiger partial charge is 0.351 e. The second-order valence-electron chi connectivity index (χ2n) is 7.08. The average molecular weight is 351 g/mol. The van der Waals surface area contributed by atoms with E-state index in [1.165, 1.54) is 35.2 Å². The first-order valence-electron chi connectivity index (χ1n) is 9.27. The summed E-state index contributed by atoms with van der Waals surface area (Å²) in [5.74, 6) is 0. The molecule has 0 aliphatic carbocycles. The van der Waals surface area contributed by atoms with Crippen molar-refractivity contribution in [2.75, 3.05) is 25.0 Å². The summed E-state index contributed by atoms with van der Waals surface area (Å²) in [7, 11) is 2.01. The van der Waals surface area contributed by atoms with E-state index in [2.05, 4.69) is 39.2 Å². The quantitative estimate of drug-likeness (QED) is 0.709. The summed E-state index contributed by atoms with van der Waals surface area (Å²) in [4.78, 5) is 16.9. The molecule has 3 aromatic rings. The molecule has 0 saturated carbocycles. The molecule has 0 bridgehead atoms. The number of pyridine rings is 1. The highest BCUT2D eigenvalue weighted by molar-refractivity contribution is 5.47. The molecule has 136 valence electrons. The molecule has 1 aliphatic rings. The van der Waals surface area contributed by atoms with Crippen molar-refractivity contribution in [1.82, 2.24) is 19.1 Å². The predicted octanol–water partition coefficient (Wildman–Crippen LogP) is 2.58. The van der Waals surface area contributed by atoms with Crippen LogP contribution in [-0.4, -0.2) is 39.2 Å². The molecule has 0 spiro atoms. The van der Waals surface area contributed by atoms with E-state index in [9.17, 15) is 4.79 Å². The molecule has 2 aromatic heterocycles. The predicted molar refractivity (Wildman–Crippen MR) is 103 cm³/mol. The summed E-state index contributed by atoms with van der Waals surface area (Å²) in [6.07, 6.45) is 5.68. The summed E-state index contributed by atoms with van der Waals surface area (Å²) >= 11 is 0. The van der Waals surface area contributed by atoms with Crippen molar-refractivity contribution < 1.29 is 0 Å². The molecule has 0 N–H and O–H groups in total. The van der Waals surface area contributed by atoms with E-state index in [-0.39, 0.29) is 5.69 Å². The molecule has 0 amide bonds. The molecule has 1 fully saturated rings. The SMILES string of the molecule is CN(Cc1ccc(N2CCCCC2)cc1)Cn1nc2ccccn2c1=O. The molecule has 0 radical (unpaired) electrons. The average Bonchev–Trinajstić information content (AvgIpc) is 2.99. The first kappa shape index (κ1) is 16.8. The molecule has 0 unspecified atom stereocenters. The molecule has 1 aliphatic heterocycles. The van der Waals surface area contributed by atoms with Crippen molar-refractivity contribution in [3.63, 3.8) is 0 Å². The van der Waals surface area contributed by atoms with Crippen LogP contribution in [0.5, 0.6) is 0 Å². The van der Waals surface area contributed by atoms with Gasteiger partial charge in [0.1, 0.15) is 0 Å². The van der Waals surface area contributed by atoms with Crippen LogP contribution >= 0.6 is 0 Å². The van der Waals surface area contributed by atoms with E-state index >= 15 is 0 Å². The fourth-order valence-electron chi connectivity index (χ4n) is 3.61. The van der Waals surface area contributed by atoms with Gasteiger partial charge in [-0.1, -0.05) is 18.2 Å². The van der Waals surface area contributed by atoms with Crippen LogP contribution in [0.2, 0.25) is 0 Å². The van der Waals surface area contributed by atoms with Crippen molar-refractivity contribution in [3.8, 4) is 0 Å². The fourth-order valence-corrected chi connectivity index (χ4v) is 3.61. The van der Waals surface area contributed by atoms with Crippen molar-refractivity contribution in [2.24, 2.45) is 0 Å². The highest BCUT2D eigenvalue weighted by atomic mass is 16.2. The van der Waals surface area contributed by atoms with E-state index < -0.39 is 0 Å². The van der Waals surface area contributed by atoms with Crippen LogP contribution in [0, 0.1) is 0 Å². The number of piperidine rings is 1. The van der Waals surface area contributed by atoms with Crippen LogP contribution in [0.1, 0.15) is 24.8 Å². The van der Waals surface area contributed by atoms with Gasteiger partial charge in [0, 0.05) is 31.5 Å². The van der Waals surface area contributed by atoms with E-state index in [1.807, 2.05) is 25.2 Å². The molecular weight excluding hydrogens is 326 g/mol. The zero-order valence-corrected chi connectivity index (χ0v) is 15.2. The molecule has 3 heterocycles. The summed E-state index contributed by atoms with van der Waals surface area (Å²) in [5, 5.41) is 4.39. The van der Waals surface area contributed by atoms with Gasteiger partial charge in [-0.15, -0.1) is 5.10 Å².